The Morgan fingerprint density at radius 2 is 2.10 bits per heavy atom. The van der Waals surface area contributed by atoms with Crippen LogP contribution in [-0.2, 0) is 6.54 Å². The molecule has 1 amide bonds. The van der Waals surface area contributed by atoms with E-state index in [1.54, 1.807) is 18.5 Å². The van der Waals surface area contributed by atoms with Gasteiger partial charge < -0.3 is 10.6 Å². The number of aryl methyl sites for hydroxylation is 1. The van der Waals surface area contributed by atoms with Gasteiger partial charge in [0.1, 0.15) is 0 Å². The lowest BCUT2D eigenvalue weighted by Gasteiger charge is -2.27. The van der Waals surface area contributed by atoms with Crippen molar-refractivity contribution in [3.63, 3.8) is 0 Å². The molecule has 0 fully saturated rings. The highest BCUT2D eigenvalue weighted by Gasteiger charge is 2.21. The third kappa shape index (κ3) is 3.60. The molecule has 0 aliphatic heterocycles. The molecule has 0 aliphatic carbocycles. The van der Waals surface area contributed by atoms with Crippen molar-refractivity contribution in [2.45, 2.75) is 33.4 Å². The molecule has 4 nitrogen and oxygen atoms in total. The number of carbonyl (C=O) groups excluding carboxylic acids is 1. The second-order valence-corrected chi connectivity index (χ2v) is 5.48. The number of aromatic nitrogens is 1. The maximum atomic E-state index is 12.8. The van der Waals surface area contributed by atoms with Crippen LogP contribution >= 0.6 is 0 Å². The van der Waals surface area contributed by atoms with Crippen LogP contribution in [-0.4, -0.2) is 21.8 Å². The number of hydrogen-bond donors (Lipinski definition) is 1. The van der Waals surface area contributed by atoms with E-state index in [4.69, 9.17) is 5.73 Å². The van der Waals surface area contributed by atoms with Crippen molar-refractivity contribution in [3.8, 4) is 0 Å². The van der Waals surface area contributed by atoms with Crippen LogP contribution in [0.15, 0.2) is 42.7 Å². The second kappa shape index (κ2) is 6.39. The molecule has 21 heavy (non-hydrogen) atoms. The second-order valence-electron chi connectivity index (χ2n) is 5.48. The lowest BCUT2D eigenvalue weighted by Crippen LogP contribution is -2.36. The van der Waals surface area contributed by atoms with E-state index in [2.05, 4.69) is 4.98 Å². The van der Waals surface area contributed by atoms with Gasteiger partial charge in [0, 0.05) is 30.7 Å². The summed E-state index contributed by atoms with van der Waals surface area (Å²) in [7, 11) is 0. The zero-order valence-electron chi connectivity index (χ0n) is 12.7. The van der Waals surface area contributed by atoms with Gasteiger partial charge in [-0.3, -0.25) is 9.78 Å². The summed E-state index contributed by atoms with van der Waals surface area (Å²) in [4.78, 5) is 18.7. The molecule has 0 bridgehead atoms. The van der Waals surface area contributed by atoms with E-state index >= 15 is 0 Å². The van der Waals surface area contributed by atoms with Crippen LogP contribution in [0.5, 0.6) is 0 Å². The van der Waals surface area contributed by atoms with Gasteiger partial charge in [0.15, 0.2) is 0 Å². The number of anilines is 1. The summed E-state index contributed by atoms with van der Waals surface area (Å²) in [5.74, 6) is -0.0462. The SMILES string of the molecule is Cc1ccc(N)c(C(=O)N(Cc2cccnc2)C(C)C)c1. The van der Waals surface area contributed by atoms with Crippen LogP contribution in [0.25, 0.3) is 0 Å². The molecule has 0 radical (unpaired) electrons. The Labute approximate surface area is 125 Å². The Balaban J connectivity index is 2.30. The van der Waals surface area contributed by atoms with Crippen molar-refractivity contribution >= 4 is 11.6 Å². The molecule has 0 aliphatic rings. The van der Waals surface area contributed by atoms with Crippen LogP contribution in [0.1, 0.15) is 35.3 Å². The predicted molar refractivity (Wildman–Crippen MR) is 84.8 cm³/mol. The number of nitrogens with two attached hydrogens (primary N) is 1. The Kier molecular flexibility index (Phi) is 4.58. The van der Waals surface area contributed by atoms with Crippen LogP contribution in [0.3, 0.4) is 0 Å². The summed E-state index contributed by atoms with van der Waals surface area (Å²) in [6, 6.07) is 9.46. The molecule has 2 rings (SSSR count). The predicted octanol–water partition coefficient (Wildman–Crippen LogP) is 3.02. The molecular weight excluding hydrogens is 262 g/mol. The first-order valence-corrected chi connectivity index (χ1v) is 7.05. The van der Waals surface area contributed by atoms with Crippen molar-refractivity contribution in [1.82, 2.24) is 9.88 Å². The zero-order chi connectivity index (χ0) is 15.4. The van der Waals surface area contributed by atoms with Crippen LogP contribution in [0.4, 0.5) is 5.69 Å². The van der Waals surface area contributed by atoms with E-state index in [-0.39, 0.29) is 11.9 Å². The number of hydrogen-bond acceptors (Lipinski definition) is 3. The fraction of sp³-hybridized carbons (Fsp3) is 0.294. The summed E-state index contributed by atoms with van der Waals surface area (Å²) in [5.41, 5.74) is 9.07. The number of benzene rings is 1. The number of amides is 1. The fourth-order valence-corrected chi connectivity index (χ4v) is 2.19. The monoisotopic (exact) mass is 283 g/mol. The van der Waals surface area contributed by atoms with Gasteiger partial charge in [-0.15, -0.1) is 0 Å². The topological polar surface area (TPSA) is 59.2 Å². The smallest absolute Gasteiger partial charge is 0.256 e. The van der Waals surface area contributed by atoms with Gasteiger partial charge in [0.05, 0.1) is 5.56 Å². The minimum absolute atomic E-state index is 0.0462. The third-order valence-corrected chi connectivity index (χ3v) is 3.40. The summed E-state index contributed by atoms with van der Waals surface area (Å²) in [6.45, 7) is 6.48. The van der Waals surface area contributed by atoms with E-state index in [1.807, 2.05) is 49.9 Å². The van der Waals surface area contributed by atoms with E-state index in [1.165, 1.54) is 0 Å². The first-order valence-electron chi connectivity index (χ1n) is 7.05. The normalized spacial score (nSPS) is 10.7. The van der Waals surface area contributed by atoms with Gasteiger partial charge in [-0.05, 0) is 44.5 Å². The molecule has 1 aromatic heterocycles. The highest BCUT2D eigenvalue weighted by Crippen LogP contribution is 2.19. The van der Waals surface area contributed by atoms with Crippen molar-refractivity contribution in [3.05, 3.63) is 59.4 Å². The summed E-state index contributed by atoms with van der Waals surface area (Å²) in [6.07, 6.45) is 3.51. The standard InChI is InChI=1S/C17H21N3O/c1-12(2)20(11-14-5-4-8-19-10-14)17(21)15-9-13(3)6-7-16(15)18/h4-10,12H,11,18H2,1-3H3. The minimum atomic E-state index is -0.0462. The molecule has 1 heterocycles. The molecular formula is C17H21N3O. The molecule has 2 N–H and O–H groups in total. The quantitative estimate of drug-likeness (QED) is 0.877. The van der Waals surface area contributed by atoms with E-state index in [9.17, 15) is 4.79 Å². The molecule has 0 saturated carbocycles. The van der Waals surface area contributed by atoms with Crippen LogP contribution in [0.2, 0.25) is 0 Å². The van der Waals surface area contributed by atoms with Crippen molar-refractivity contribution in [2.75, 3.05) is 5.73 Å². The molecule has 4 heteroatoms. The lowest BCUT2D eigenvalue weighted by atomic mass is 10.1. The first kappa shape index (κ1) is 15.0. The van der Waals surface area contributed by atoms with E-state index in [0.29, 0.717) is 17.8 Å². The van der Waals surface area contributed by atoms with E-state index in [0.717, 1.165) is 11.1 Å². The summed E-state index contributed by atoms with van der Waals surface area (Å²) >= 11 is 0. The molecule has 0 unspecified atom stereocenters. The molecule has 0 atom stereocenters. The van der Waals surface area contributed by atoms with Crippen molar-refractivity contribution in [1.29, 1.82) is 0 Å². The Bertz CT molecular complexity index is 623. The highest BCUT2D eigenvalue weighted by atomic mass is 16.2. The largest absolute Gasteiger partial charge is 0.398 e. The first-order chi connectivity index (χ1) is 9.99. The highest BCUT2D eigenvalue weighted by molar-refractivity contribution is 5.99. The molecule has 0 saturated heterocycles. The average Bonchev–Trinajstić information content (AvgIpc) is 2.47. The number of rotatable bonds is 4. The summed E-state index contributed by atoms with van der Waals surface area (Å²) in [5, 5.41) is 0. The van der Waals surface area contributed by atoms with Gasteiger partial charge in [0.25, 0.3) is 5.91 Å². The molecule has 0 spiro atoms. The fourth-order valence-electron chi connectivity index (χ4n) is 2.19. The van der Waals surface area contributed by atoms with Crippen LogP contribution < -0.4 is 5.73 Å². The van der Waals surface area contributed by atoms with Gasteiger partial charge in [0.2, 0.25) is 0 Å². The Morgan fingerprint density at radius 3 is 2.71 bits per heavy atom. The van der Waals surface area contributed by atoms with Gasteiger partial charge in [-0.1, -0.05) is 17.7 Å². The maximum Gasteiger partial charge on any atom is 0.256 e. The molecule has 1 aromatic carbocycles. The number of pyridine rings is 1. The minimum Gasteiger partial charge on any atom is -0.398 e. The number of carbonyl (C=O) groups is 1. The maximum absolute atomic E-state index is 12.8. The van der Waals surface area contributed by atoms with E-state index < -0.39 is 0 Å². The summed E-state index contributed by atoms with van der Waals surface area (Å²) < 4.78 is 0. The van der Waals surface area contributed by atoms with Crippen LogP contribution in [0, 0.1) is 6.92 Å². The third-order valence-electron chi connectivity index (χ3n) is 3.40. The lowest BCUT2D eigenvalue weighted by molar-refractivity contribution is 0.0691. The van der Waals surface area contributed by atoms with Crippen molar-refractivity contribution < 1.29 is 4.79 Å². The van der Waals surface area contributed by atoms with Gasteiger partial charge in [-0.25, -0.2) is 0 Å². The Morgan fingerprint density at radius 1 is 1.33 bits per heavy atom. The van der Waals surface area contributed by atoms with Gasteiger partial charge >= 0.3 is 0 Å². The zero-order valence-corrected chi connectivity index (χ0v) is 12.7. The average molecular weight is 283 g/mol. The molecule has 2 aromatic rings. The number of nitrogen functional groups attached to an aromatic ring is 1. The number of nitrogens with zero attached hydrogens (tertiary/aromatic N) is 2. The Hall–Kier alpha value is -2.36. The van der Waals surface area contributed by atoms with Gasteiger partial charge in [-0.2, -0.15) is 0 Å². The molecule has 110 valence electrons. The van der Waals surface area contributed by atoms with Crippen molar-refractivity contribution in [2.24, 2.45) is 0 Å².